The lowest BCUT2D eigenvalue weighted by molar-refractivity contribution is 0.0535. The molecule has 0 amide bonds. The van der Waals surface area contributed by atoms with Crippen LogP contribution in [0.5, 0.6) is 0 Å². The van der Waals surface area contributed by atoms with E-state index in [0.717, 1.165) is 11.1 Å². The molecule has 68 valence electrons. The van der Waals surface area contributed by atoms with Gasteiger partial charge in [-0.3, -0.25) is 0 Å². The second kappa shape index (κ2) is 2.87. The van der Waals surface area contributed by atoms with E-state index in [2.05, 4.69) is 19.9 Å². The van der Waals surface area contributed by atoms with Crippen LogP contribution in [0.4, 0.5) is 0 Å². The van der Waals surface area contributed by atoms with Crippen LogP contribution < -0.4 is 0 Å². The van der Waals surface area contributed by atoms with Crippen molar-refractivity contribution < 1.29 is 9.53 Å². The summed E-state index contributed by atoms with van der Waals surface area (Å²) in [5.41, 5.74) is 3.01. The molecule has 0 saturated carbocycles. The Bertz CT molecular complexity index is 353. The summed E-state index contributed by atoms with van der Waals surface area (Å²) in [5, 5.41) is 0. The summed E-state index contributed by atoms with van der Waals surface area (Å²) in [6, 6.07) is 5.92. The third-order valence-electron chi connectivity index (χ3n) is 2.37. The van der Waals surface area contributed by atoms with Crippen LogP contribution in [0.25, 0.3) is 0 Å². The van der Waals surface area contributed by atoms with Gasteiger partial charge >= 0.3 is 5.97 Å². The normalized spacial score (nSPS) is 14.5. The van der Waals surface area contributed by atoms with Crippen molar-refractivity contribution in [1.82, 2.24) is 0 Å². The molecule has 1 aromatic rings. The van der Waals surface area contributed by atoms with Gasteiger partial charge in [-0.15, -0.1) is 0 Å². The molecule has 0 fully saturated rings. The Morgan fingerprint density at radius 3 is 2.85 bits per heavy atom. The molecule has 0 N–H and O–H groups in total. The molecule has 0 saturated heterocycles. The molecule has 0 aromatic heterocycles. The Morgan fingerprint density at radius 2 is 2.15 bits per heavy atom. The maximum absolute atomic E-state index is 11.1. The quantitative estimate of drug-likeness (QED) is 0.614. The predicted molar refractivity (Wildman–Crippen MR) is 49.7 cm³/mol. The molecule has 1 aromatic carbocycles. The van der Waals surface area contributed by atoms with Gasteiger partial charge in [-0.05, 0) is 17.5 Å². The average Bonchev–Trinajstić information content (AvgIpc) is 2.47. The highest BCUT2D eigenvalue weighted by Crippen LogP contribution is 2.24. The zero-order chi connectivity index (χ0) is 9.42. The zero-order valence-corrected chi connectivity index (χ0v) is 7.83. The van der Waals surface area contributed by atoms with Gasteiger partial charge in [0.15, 0.2) is 0 Å². The van der Waals surface area contributed by atoms with Crippen LogP contribution in [-0.4, -0.2) is 5.97 Å². The van der Waals surface area contributed by atoms with E-state index in [-0.39, 0.29) is 5.97 Å². The second-order valence-corrected chi connectivity index (χ2v) is 3.65. The Labute approximate surface area is 77.5 Å². The first-order chi connectivity index (χ1) is 6.18. The van der Waals surface area contributed by atoms with Crippen LogP contribution in [-0.2, 0) is 11.3 Å². The highest BCUT2D eigenvalue weighted by molar-refractivity contribution is 5.93. The lowest BCUT2D eigenvalue weighted by Crippen LogP contribution is -1.94. The molecule has 13 heavy (non-hydrogen) atoms. The minimum atomic E-state index is -0.190. The second-order valence-electron chi connectivity index (χ2n) is 3.65. The van der Waals surface area contributed by atoms with E-state index in [1.807, 2.05) is 12.1 Å². The highest BCUT2D eigenvalue weighted by Gasteiger charge is 2.20. The third kappa shape index (κ3) is 1.32. The SMILES string of the molecule is CC(C)c1ccc2c(c1)COC2=O. The van der Waals surface area contributed by atoms with Crippen LogP contribution in [0.3, 0.4) is 0 Å². The molecule has 1 heterocycles. The standard InChI is InChI=1S/C11H12O2/c1-7(2)8-3-4-10-9(5-8)6-13-11(10)12/h3-5,7H,6H2,1-2H3. The van der Waals surface area contributed by atoms with Crippen molar-refractivity contribution in [2.45, 2.75) is 26.4 Å². The minimum Gasteiger partial charge on any atom is -0.457 e. The first-order valence-corrected chi connectivity index (χ1v) is 4.48. The van der Waals surface area contributed by atoms with Gasteiger partial charge in [0.2, 0.25) is 0 Å². The fourth-order valence-electron chi connectivity index (χ4n) is 1.51. The van der Waals surface area contributed by atoms with Crippen molar-refractivity contribution in [1.29, 1.82) is 0 Å². The Morgan fingerprint density at radius 1 is 1.38 bits per heavy atom. The zero-order valence-electron chi connectivity index (χ0n) is 7.83. The van der Waals surface area contributed by atoms with Crippen LogP contribution >= 0.6 is 0 Å². The highest BCUT2D eigenvalue weighted by atomic mass is 16.5. The lowest BCUT2D eigenvalue weighted by atomic mass is 9.98. The topological polar surface area (TPSA) is 26.3 Å². The molecule has 2 nitrogen and oxygen atoms in total. The molecular formula is C11H12O2. The number of rotatable bonds is 1. The van der Waals surface area contributed by atoms with Crippen LogP contribution in [0.15, 0.2) is 18.2 Å². The first-order valence-electron chi connectivity index (χ1n) is 4.48. The number of benzene rings is 1. The summed E-state index contributed by atoms with van der Waals surface area (Å²) in [4.78, 5) is 11.1. The van der Waals surface area contributed by atoms with E-state index in [9.17, 15) is 4.79 Å². The van der Waals surface area contributed by atoms with Crippen molar-refractivity contribution in [2.75, 3.05) is 0 Å². The van der Waals surface area contributed by atoms with E-state index >= 15 is 0 Å². The molecule has 0 radical (unpaired) electrons. The van der Waals surface area contributed by atoms with Gasteiger partial charge < -0.3 is 4.74 Å². The van der Waals surface area contributed by atoms with E-state index in [4.69, 9.17) is 4.74 Å². The van der Waals surface area contributed by atoms with Gasteiger partial charge in [0.1, 0.15) is 6.61 Å². The van der Waals surface area contributed by atoms with Crippen molar-refractivity contribution in [3.63, 3.8) is 0 Å². The van der Waals surface area contributed by atoms with Crippen LogP contribution in [0, 0.1) is 0 Å². The number of esters is 1. The molecule has 1 aliphatic heterocycles. The van der Waals surface area contributed by atoms with E-state index in [1.54, 1.807) is 0 Å². The first kappa shape index (κ1) is 8.30. The Kier molecular flexibility index (Phi) is 1.83. The van der Waals surface area contributed by atoms with Gasteiger partial charge in [-0.25, -0.2) is 4.79 Å². The molecule has 0 spiro atoms. The van der Waals surface area contributed by atoms with Gasteiger partial charge in [-0.2, -0.15) is 0 Å². The van der Waals surface area contributed by atoms with Crippen LogP contribution in [0.2, 0.25) is 0 Å². The molecule has 2 heteroatoms. The fourth-order valence-corrected chi connectivity index (χ4v) is 1.51. The molecule has 0 atom stereocenters. The summed E-state index contributed by atoms with van der Waals surface area (Å²) in [6.45, 7) is 4.72. The summed E-state index contributed by atoms with van der Waals surface area (Å²) >= 11 is 0. The molecule has 0 aliphatic carbocycles. The average molecular weight is 176 g/mol. The van der Waals surface area contributed by atoms with Crippen molar-refractivity contribution >= 4 is 5.97 Å². The Hall–Kier alpha value is -1.31. The third-order valence-corrected chi connectivity index (χ3v) is 2.37. The molecular weight excluding hydrogens is 164 g/mol. The number of hydrogen-bond acceptors (Lipinski definition) is 2. The maximum atomic E-state index is 11.1. The summed E-state index contributed by atoms with van der Waals surface area (Å²) in [6.07, 6.45) is 0. The maximum Gasteiger partial charge on any atom is 0.338 e. The van der Waals surface area contributed by atoms with E-state index in [1.165, 1.54) is 5.56 Å². The van der Waals surface area contributed by atoms with Crippen molar-refractivity contribution in [2.24, 2.45) is 0 Å². The predicted octanol–water partition coefficient (Wildman–Crippen LogP) is 2.48. The Balaban J connectivity index is 2.45. The minimum absolute atomic E-state index is 0.190. The van der Waals surface area contributed by atoms with Gasteiger partial charge in [0.25, 0.3) is 0 Å². The lowest BCUT2D eigenvalue weighted by Gasteiger charge is -2.05. The van der Waals surface area contributed by atoms with E-state index < -0.39 is 0 Å². The molecule has 2 rings (SSSR count). The summed E-state index contributed by atoms with van der Waals surface area (Å²) < 4.78 is 4.92. The van der Waals surface area contributed by atoms with Gasteiger partial charge in [0, 0.05) is 5.56 Å². The largest absolute Gasteiger partial charge is 0.457 e. The smallest absolute Gasteiger partial charge is 0.338 e. The summed E-state index contributed by atoms with van der Waals surface area (Å²) in [5.74, 6) is 0.311. The fraction of sp³-hybridized carbons (Fsp3) is 0.364. The van der Waals surface area contributed by atoms with Crippen molar-refractivity contribution in [3.05, 3.63) is 34.9 Å². The number of carbonyl (C=O) groups is 1. The van der Waals surface area contributed by atoms with Gasteiger partial charge in [0.05, 0.1) is 5.56 Å². The van der Waals surface area contributed by atoms with Crippen molar-refractivity contribution in [3.8, 4) is 0 Å². The summed E-state index contributed by atoms with van der Waals surface area (Å²) in [7, 11) is 0. The number of cyclic esters (lactones) is 1. The molecule has 1 aliphatic rings. The van der Waals surface area contributed by atoms with E-state index in [0.29, 0.717) is 12.5 Å². The number of hydrogen-bond donors (Lipinski definition) is 0. The number of fused-ring (bicyclic) bond motifs is 1. The number of carbonyl (C=O) groups excluding carboxylic acids is 1. The van der Waals surface area contributed by atoms with Gasteiger partial charge in [-0.1, -0.05) is 26.0 Å². The molecule has 0 unspecified atom stereocenters. The molecule has 0 bridgehead atoms. The monoisotopic (exact) mass is 176 g/mol. The van der Waals surface area contributed by atoms with Crippen LogP contribution in [0.1, 0.15) is 41.3 Å². The number of ether oxygens (including phenoxy) is 1.